The van der Waals surface area contributed by atoms with Crippen LogP contribution >= 0.6 is 0 Å². The van der Waals surface area contributed by atoms with Gasteiger partial charge < -0.3 is 15.6 Å². The lowest BCUT2D eigenvalue weighted by atomic mass is 10.3. The average Bonchev–Trinajstić information content (AvgIpc) is 3.10. The number of H-pyrrole nitrogens is 1. The van der Waals surface area contributed by atoms with Crippen LogP contribution in [0.5, 0.6) is 0 Å². The number of aliphatic imine (C=N–C) groups is 1. The van der Waals surface area contributed by atoms with E-state index in [2.05, 4.69) is 25.6 Å². The number of nitrogens with one attached hydrogen (secondary N) is 3. The van der Waals surface area contributed by atoms with Crippen LogP contribution in [0, 0.1) is 6.92 Å². The van der Waals surface area contributed by atoms with E-state index in [0.29, 0.717) is 24.0 Å². The molecule has 1 heterocycles. The third-order valence-electron chi connectivity index (χ3n) is 2.59. The average molecular weight is 235 g/mol. The molecule has 1 saturated carbocycles. The van der Waals surface area contributed by atoms with Crippen LogP contribution in [-0.2, 0) is 6.54 Å². The molecule has 2 rings (SSSR count). The van der Waals surface area contributed by atoms with E-state index >= 15 is 0 Å². The molecule has 3 N–H and O–H groups in total. The highest BCUT2D eigenvalue weighted by atomic mass is 16.1. The molecule has 0 amide bonds. The minimum atomic E-state index is -0.105. The number of guanidine groups is 1. The number of hydrogen-bond acceptors (Lipinski definition) is 3. The summed E-state index contributed by atoms with van der Waals surface area (Å²) in [7, 11) is 1.72. The van der Waals surface area contributed by atoms with Gasteiger partial charge >= 0.3 is 0 Å². The Morgan fingerprint density at radius 3 is 3.00 bits per heavy atom. The molecule has 0 bridgehead atoms. The molecule has 0 aliphatic heterocycles. The lowest BCUT2D eigenvalue weighted by Crippen LogP contribution is -2.39. The summed E-state index contributed by atoms with van der Waals surface area (Å²) >= 11 is 0. The Morgan fingerprint density at radius 2 is 2.41 bits per heavy atom. The zero-order valence-corrected chi connectivity index (χ0v) is 10.1. The van der Waals surface area contributed by atoms with Crippen molar-refractivity contribution in [3.05, 3.63) is 27.9 Å². The summed E-state index contributed by atoms with van der Waals surface area (Å²) in [5, 5.41) is 6.34. The standard InChI is InChI=1S/C11H17N5O/c1-7-13-5-8(10(17)15-7)6-14-11(12-2)16-9-3-4-9/h5,9H,3-4,6H2,1-2H3,(H2,12,14,16)(H,13,15,17). The van der Waals surface area contributed by atoms with Crippen molar-refractivity contribution in [2.75, 3.05) is 7.05 Å². The van der Waals surface area contributed by atoms with E-state index in [1.54, 1.807) is 20.2 Å². The van der Waals surface area contributed by atoms with Crippen molar-refractivity contribution < 1.29 is 0 Å². The van der Waals surface area contributed by atoms with Crippen molar-refractivity contribution in [2.45, 2.75) is 32.4 Å². The summed E-state index contributed by atoms with van der Waals surface area (Å²) in [5.74, 6) is 1.35. The second-order valence-corrected chi connectivity index (χ2v) is 4.17. The number of hydrogen-bond donors (Lipinski definition) is 3. The van der Waals surface area contributed by atoms with Crippen LogP contribution in [0.3, 0.4) is 0 Å². The van der Waals surface area contributed by atoms with Crippen molar-refractivity contribution in [2.24, 2.45) is 4.99 Å². The van der Waals surface area contributed by atoms with E-state index < -0.39 is 0 Å². The van der Waals surface area contributed by atoms with E-state index in [1.165, 1.54) is 12.8 Å². The molecule has 1 aromatic rings. The number of nitrogens with zero attached hydrogens (tertiary/aromatic N) is 2. The van der Waals surface area contributed by atoms with Crippen molar-refractivity contribution in [1.82, 2.24) is 20.6 Å². The largest absolute Gasteiger partial charge is 0.354 e. The maximum atomic E-state index is 11.6. The van der Waals surface area contributed by atoms with Gasteiger partial charge in [0.2, 0.25) is 0 Å². The van der Waals surface area contributed by atoms with Gasteiger partial charge in [-0.3, -0.25) is 9.79 Å². The Balaban J connectivity index is 1.93. The first kappa shape index (κ1) is 11.6. The minimum Gasteiger partial charge on any atom is -0.354 e. The van der Waals surface area contributed by atoms with Crippen LogP contribution in [0.25, 0.3) is 0 Å². The Bertz CT molecular complexity index is 475. The molecule has 6 nitrogen and oxygen atoms in total. The van der Waals surface area contributed by atoms with Gasteiger partial charge in [-0.1, -0.05) is 0 Å². The lowest BCUT2D eigenvalue weighted by molar-refractivity contribution is 0.791. The fourth-order valence-electron chi connectivity index (χ4n) is 1.43. The molecule has 0 atom stereocenters. The molecule has 6 heteroatoms. The van der Waals surface area contributed by atoms with E-state index in [1.807, 2.05) is 0 Å². The monoisotopic (exact) mass is 235 g/mol. The van der Waals surface area contributed by atoms with Crippen molar-refractivity contribution >= 4 is 5.96 Å². The van der Waals surface area contributed by atoms with Gasteiger partial charge in [0.25, 0.3) is 5.56 Å². The van der Waals surface area contributed by atoms with Crippen LogP contribution in [0.1, 0.15) is 24.2 Å². The molecular weight excluding hydrogens is 218 g/mol. The highest BCUT2D eigenvalue weighted by Gasteiger charge is 2.22. The normalized spacial score (nSPS) is 15.8. The maximum absolute atomic E-state index is 11.6. The highest BCUT2D eigenvalue weighted by molar-refractivity contribution is 5.80. The fraction of sp³-hybridized carbons (Fsp3) is 0.545. The minimum absolute atomic E-state index is 0.105. The topological polar surface area (TPSA) is 82.2 Å². The maximum Gasteiger partial charge on any atom is 0.255 e. The fourth-order valence-corrected chi connectivity index (χ4v) is 1.43. The molecule has 1 fully saturated rings. The molecule has 92 valence electrons. The number of aromatic amines is 1. The summed E-state index contributed by atoms with van der Waals surface area (Å²) in [4.78, 5) is 22.4. The predicted octanol–water partition coefficient (Wildman–Crippen LogP) is -0.0943. The summed E-state index contributed by atoms with van der Waals surface area (Å²) in [6, 6.07) is 0.538. The van der Waals surface area contributed by atoms with Crippen LogP contribution in [0.2, 0.25) is 0 Å². The molecule has 0 aromatic carbocycles. The summed E-state index contributed by atoms with van der Waals surface area (Å²) in [6.45, 7) is 2.18. The Labute approximate surface area is 99.6 Å². The van der Waals surface area contributed by atoms with Crippen LogP contribution in [0.15, 0.2) is 16.0 Å². The lowest BCUT2D eigenvalue weighted by Gasteiger charge is -2.10. The molecule has 0 spiro atoms. The molecule has 0 radical (unpaired) electrons. The zero-order chi connectivity index (χ0) is 12.3. The Kier molecular flexibility index (Phi) is 3.41. The predicted molar refractivity (Wildman–Crippen MR) is 66.0 cm³/mol. The third-order valence-corrected chi connectivity index (χ3v) is 2.59. The molecule has 0 unspecified atom stereocenters. The third kappa shape index (κ3) is 3.30. The molecule has 1 aromatic heterocycles. The highest BCUT2D eigenvalue weighted by Crippen LogP contribution is 2.18. The molecule has 1 aliphatic carbocycles. The second kappa shape index (κ2) is 4.99. The first-order valence-electron chi connectivity index (χ1n) is 5.71. The zero-order valence-electron chi connectivity index (χ0n) is 10.1. The quantitative estimate of drug-likeness (QED) is 0.505. The van der Waals surface area contributed by atoms with E-state index in [9.17, 15) is 4.79 Å². The van der Waals surface area contributed by atoms with E-state index in [-0.39, 0.29) is 5.56 Å². The molecular formula is C11H17N5O. The summed E-state index contributed by atoms with van der Waals surface area (Å²) in [5.41, 5.74) is 0.501. The van der Waals surface area contributed by atoms with Crippen LogP contribution in [0.4, 0.5) is 0 Å². The van der Waals surface area contributed by atoms with Crippen LogP contribution in [-0.4, -0.2) is 29.0 Å². The summed E-state index contributed by atoms with van der Waals surface area (Å²) < 4.78 is 0. The second-order valence-electron chi connectivity index (χ2n) is 4.17. The molecule has 0 saturated heterocycles. The van der Waals surface area contributed by atoms with Gasteiger partial charge in [0, 0.05) is 25.8 Å². The van der Waals surface area contributed by atoms with Gasteiger partial charge in [0.1, 0.15) is 5.82 Å². The first-order chi connectivity index (χ1) is 8.19. The van der Waals surface area contributed by atoms with Gasteiger partial charge in [0.15, 0.2) is 5.96 Å². The van der Waals surface area contributed by atoms with E-state index in [0.717, 1.165) is 5.96 Å². The van der Waals surface area contributed by atoms with Gasteiger partial charge in [-0.15, -0.1) is 0 Å². The smallest absolute Gasteiger partial charge is 0.255 e. The van der Waals surface area contributed by atoms with Gasteiger partial charge in [-0.05, 0) is 19.8 Å². The number of rotatable bonds is 3. The Hall–Kier alpha value is -1.85. The number of aryl methyl sites for hydroxylation is 1. The summed E-state index contributed by atoms with van der Waals surface area (Å²) in [6.07, 6.45) is 3.96. The first-order valence-corrected chi connectivity index (χ1v) is 5.71. The van der Waals surface area contributed by atoms with Crippen molar-refractivity contribution in [3.8, 4) is 0 Å². The van der Waals surface area contributed by atoms with Crippen molar-refractivity contribution in [3.63, 3.8) is 0 Å². The number of aromatic nitrogens is 2. The van der Waals surface area contributed by atoms with Crippen LogP contribution < -0.4 is 16.2 Å². The van der Waals surface area contributed by atoms with Gasteiger partial charge in [0.05, 0.1) is 5.56 Å². The van der Waals surface area contributed by atoms with Crippen molar-refractivity contribution in [1.29, 1.82) is 0 Å². The van der Waals surface area contributed by atoms with E-state index in [4.69, 9.17) is 0 Å². The Morgan fingerprint density at radius 1 is 1.65 bits per heavy atom. The van der Waals surface area contributed by atoms with Gasteiger partial charge in [-0.2, -0.15) is 0 Å². The SMILES string of the molecule is CN=C(NCc1cnc(C)[nH]c1=O)NC1CC1. The molecule has 1 aliphatic rings. The molecule has 17 heavy (non-hydrogen) atoms. The van der Waals surface area contributed by atoms with Gasteiger partial charge in [-0.25, -0.2) is 4.98 Å².